The van der Waals surface area contributed by atoms with Crippen molar-refractivity contribution in [1.29, 1.82) is 0 Å². The summed E-state index contributed by atoms with van der Waals surface area (Å²) in [6.07, 6.45) is 0. The van der Waals surface area contributed by atoms with E-state index in [-0.39, 0.29) is 5.92 Å². The molecule has 0 radical (unpaired) electrons. The van der Waals surface area contributed by atoms with Crippen molar-refractivity contribution in [3.05, 3.63) is 33.6 Å². The summed E-state index contributed by atoms with van der Waals surface area (Å²) in [5.41, 5.74) is 7.16. The second-order valence-corrected chi connectivity index (χ2v) is 6.58. The molecule has 1 aliphatic rings. The van der Waals surface area contributed by atoms with Gasteiger partial charge in [0.15, 0.2) is 0 Å². The summed E-state index contributed by atoms with van der Waals surface area (Å²) < 4.78 is 24.6. The average Bonchev–Trinajstić information content (AvgIpc) is 2.49. The molecule has 1 aliphatic heterocycles. The SMILES string of the molecule is CC(CN)C1=CS(=O)(=O)c2ccc(Br)cc21. The molecular weight excluding hydrogens is 290 g/mol. The highest BCUT2D eigenvalue weighted by Crippen LogP contribution is 2.38. The zero-order valence-corrected chi connectivity index (χ0v) is 11.2. The number of benzene rings is 1. The molecule has 0 amide bonds. The fourth-order valence-electron chi connectivity index (χ4n) is 1.78. The maximum Gasteiger partial charge on any atom is 0.200 e. The van der Waals surface area contributed by atoms with Gasteiger partial charge in [-0.2, -0.15) is 0 Å². The number of fused-ring (bicyclic) bond motifs is 1. The molecule has 1 atom stereocenters. The van der Waals surface area contributed by atoms with Gasteiger partial charge in [0.05, 0.1) is 4.90 Å². The molecule has 0 bridgehead atoms. The van der Waals surface area contributed by atoms with Gasteiger partial charge in [-0.3, -0.25) is 0 Å². The summed E-state index contributed by atoms with van der Waals surface area (Å²) in [5.74, 6) is 0.0466. The second-order valence-electron chi connectivity index (χ2n) is 3.90. The van der Waals surface area contributed by atoms with Crippen LogP contribution in [0, 0.1) is 5.92 Å². The van der Waals surface area contributed by atoms with E-state index in [4.69, 9.17) is 5.73 Å². The Labute approximate surface area is 103 Å². The van der Waals surface area contributed by atoms with Crippen LogP contribution in [0.25, 0.3) is 5.57 Å². The third-order valence-electron chi connectivity index (χ3n) is 2.73. The Hall–Kier alpha value is -0.650. The van der Waals surface area contributed by atoms with Crippen LogP contribution in [0.4, 0.5) is 0 Å². The zero-order chi connectivity index (χ0) is 11.9. The minimum Gasteiger partial charge on any atom is -0.330 e. The van der Waals surface area contributed by atoms with Gasteiger partial charge in [0.2, 0.25) is 9.84 Å². The van der Waals surface area contributed by atoms with Crippen LogP contribution < -0.4 is 5.73 Å². The van der Waals surface area contributed by atoms with E-state index in [1.54, 1.807) is 12.1 Å². The first-order chi connectivity index (χ1) is 7.45. The number of sulfone groups is 1. The van der Waals surface area contributed by atoms with Crippen LogP contribution in [-0.2, 0) is 9.84 Å². The maximum atomic E-state index is 11.9. The lowest BCUT2D eigenvalue weighted by molar-refractivity contribution is 0.605. The first-order valence-electron chi connectivity index (χ1n) is 4.92. The predicted octanol–water partition coefficient (Wildman–Crippen LogP) is 2.17. The Morgan fingerprint density at radius 1 is 1.44 bits per heavy atom. The highest BCUT2D eigenvalue weighted by atomic mass is 79.9. The first-order valence-corrected chi connectivity index (χ1v) is 7.26. The quantitative estimate of drug-likeness (QED) is 0.911. The third kappa shape index (κ3) is 1.83. The molecule has 1 heterocycles. The lowest BCUT2D eigenvalue weighted by atomic mass is 9.96. The van der Waals surface area contributed by atoms with Gasteiger partial charge in [-0.05, 0) is 41.8 Å². The summed E-state index contributed by atoms with van der Waals surface area (Å²) in [7, 11) is -3.27. The molecule has 1 aromatic carbocycles. The van der Waals surface area contributed by atoms with E-state index in [1.807, 2.05) is 13.0 Å². The van der Waals surface area contributed by atoms with Crippen LogP contribution in [0.15, 0.2) is 33.0 Å². The Bertz CT molecular complexity index is 563. The fraction of sp³-hybridized carbons (Fsp3) is 0.273. The number of hydrogen-bond acceptors (Lipinski definition) is 3. The molecule has 5 heteroatoms. The van der Waals surface area contributed by atoms with E-state index >= 15 is 0 Å². The molecule has 1 aromatic rings. The minimum atomic E-state index is -3.27. The maximum absolute atomic E-state index is 11.9. The van der Waals surface area contributed by atoms with Crippen molar-refractivity contribution in [3.8, 4) is 0 Å². The largest absolute Gasteiger partial charge is 0.330 e. The van der Waals surface area contributed by atoms with Gasteiger partial charge in [-0.15, -0.1) is 0 Å². The van der Waals surface area contributed by atoms with Crippen molar-refractivity contribution in [2.45, 2.75) is 11.8 Å². The van der Waals surface area contributed by atoms with Crippen molar-refractivity contribution >= 4 is 31.3 Å². The smallest absolute Gasteiger partial charge is 0.200 e. The number of halogens is 1. The molecule has 0 aromatic heterocycles. The standard InChI is InChI=1S/C11H12BrNO2S/c1-7(5-13)10-6-16(14,15)11-3-2-8(12)4-9(10)11/h2-4,6-7H,5,13H2,1H3. The van der Waals surface area contributed by atoms with Crippen LogP contribution >= 0.6 is 15.9 Å². The molecule has 0 spiro atoms. The van der Waals surface area contributed by atoms with Crippen molar-refractivity contribution in [2.24, 2.45) is 11.7 Å². The fourth-order valence-corrected chi connectivity index (χ4v) is 3.70. The Kier molecular flexibility index (Phi) is 2.94. The molecule has 0 fully saturated rings. The van der Waals surface area contributed by atoms with Crippen LogP contribution in [0.2, 0.25) is 0 Å². The molecular formula is C11H12BrNO2S. The summed E-state index contributed by atoms with van der Waals surface area (Å²) in [6.45, 7) is 2.37. The van der Waals surface area contributed by atoms with E-state index in [1.165, 1.54) is 5.41 Å². The van der Waals surface area contributed by atoms with Gasteiger partial charge >= 0.3 is 0 Å². The Morgan fingerprint density at radius 2 is 2.12 bits per heavy atom. The third-order valence-corrected chi connectivity index (χ3v) is 4.75. The van der Waals surface area contributed by atoms with E-state index in [0.717, 1.165) is 15.6 Å². The lowest BCUT2D eigenvalue weighted by Crippen LogP contribution is -2.11. The molecule has 0 saturated heterocycles. The number of rotatable bonds is 2. The molecule has 0 saturated carbocycles. The van der Waals surface area contributed by atoms with Gasteiger partial charge in [0, 0.05) is 9.88 Å². The van der Waals surface area contributed by atoms with Crippen LogP contribution in [0.3, 0.4) is 0 Å². The highest BCUT2D eigenvalue weighted by Gasteiger charge is 2.28. The molecule has 3 nitrogen and oxygen atoms in total. The predicted molar refractivity (Wildman–Crippen MR) is 67.5 cm³/mol. The van der Waals surface area contributed by atoms with Crippen LogP contribution in [-0.4, -0.2) is 15.0 Å². The molecule has 86 valence electrons. The number of hydrogen-bond donors (Lipinski definition) is 1. The summed E-state index contributed by atoms with van der Waals surface area (Å²) >= 11 is 3.35. The summed E-state index contributed by atoms with van der Waals surface area (Å²) in [5, 5.41) is 1.33. The van der Waals surface area contributed by atoms with Crippen LogP contribution in [0.1, 0.15) is 12.5 Å². The molecule has 2 rings (SSSR count). The first kappa shape index (κ1) is 11.8. The second kappa shape index (κ2) is 3.98. The van der Waals surface area contributed by atoms with Gasteiger partial charge in [-0.1, -0.05) is 22.9 Å². The number of nitrogens with two attached hydrogens (primary N) is 1. The minimum absolute atomic E-state index is 0.0466. The van der Waals surface area contributed by atoms with Crippen molar-refractivity contribution in [2.75, 3.05) is 6.54 Å². The normalized spacial score (nSPS) is 19.1. The van der Waals surface area contributed by atoms with Gasteiger partial charge < -0.3 is 5.73 Å². The van der Waals surface area contributed by atoms with Crippen LogP contribution in [0.5, 0.6) is 0 Å². The summed E-state index contributed by atoms with van der Waals surface area (Å²) in [4.78, 5) is 0.381. The Morgan fingerprint density at radius 3 is 2.75 bits per heavy atom. The monoisotopic (exact) mass is 301 g/mol. The Balaban J connectivity index is 2.66. The molecule has 1 unspecified atom stereocenters. The molecule has 0 aliphatic carbocycles. The lowest BCUT2D eigenvalue weighted by Gasteiger charge is -2.10. The van der Waals surface area contributed by atoms with Crippen molar-refractivity contribution in [1.82, 2.24) is 0 Å². The average molecular weight is 302 g/mol. The van der Waals surface area contributed by atoms with E-state index in [2.05, 4.69) is 15.9 Å². The van der Waals surface area contributed by atoms with Gasteiger partial charge in [-0.25, -0.2) is 8.42 Å². The molecule has 2 N–H and O–H groups in total. The highest BCUT2D eigenvalue weighted by molar-refractivity contribution is 9.10. The topological polar surface area (TPSA) is 60.2 Å². The van der Waals surface area contributed by atoms with E-state index in [9.17, 15) is 8.42 Å². The molecule has 16 heavy (non-hydrogen) atoms. The summed E-state index contributed by atoms with van der Waals surface area (Å²) in [6, 6.07) is 5.19. The van der Waals surface area contributed by atoms with Crippen molar-refractivity contribution in [3.63, 3.8) is 0 Å². The zero-order valence-electron chi connectivity index (χ0n) is 8.77. The van der Waals surface area contributed by atoms with E-state index in [0.29, 0.717) is 11.4 Å². The van der Waals surface area contributed by atoms with E-state index < -0.39 is 9.84 Å². The van der Waals surface area contributed by atoms with Crippen molar-refractivity contribution < 1.29 is 8.42 Å². The van der Waals surface area contributed by atoms with Gasteiger partial charge in [0.1, 0.15) is 0 Å². The van der Waals surface area contributed by atoms with Gasteiger partial charge in [0.25, 0.3) is 0 Å².